The van der Waals surface area contributed by atoms with Crippen LogP contribution >= 0.6 is 0 Å². The van der Waals surface area contributed by atoms with E-state index >= 15 is 0 Å². The van der Waals surface area contributed by atoms with Gasteiger partial charge in [0, 0.05) is 37.3 Å². The Morgan fingerprint density at radius 1 is 1.03 bits per heavy atom. The lowest BCUT2D eigenvalue weighted by atomic mass is 9.94. The molecule has 0 fully saturated rings. The van der Waals surface area contributed by atoms with Crippen molar-refractivity contribution < 1.29 is 9.59 Å². The second-order valence-corrected chi connectivity index (χ2v) is 8.76. The van der Waals surface area contributed by atoms with Crippen molar-refractivity contribution in [2.75, 3.05) is 11.9 Å². The van der Waals surface area contributed by atoms with Crippen LogP contribution in [0, 0.1) is 0 Å². The fraction of sp³-hybridized carbons (Fsp3) is 0.222. The normalized spacial score (nSPS) is 14.2. The molecule has 0 spiro atoms. The van der Waals surface area contributed by atoms with E-state index < -0.39 is 0 Å². The summed E-state index contributed by atoms with van der Waals surface area (Å²) in [7, 11) is 0. The number of aromatic nitrogens is 2. The first-order valence-corrected chi connectivity index (χ1v) is 11.8. The van der Waals surface area contributed by atoms with Crippen LogP contribution in [0.25, 0.3) is 10.8 Å². The molecule has 4 N–H and O–H groups in total. The van der Waals surface area contributed by atoms with Crippen LogP contribution in [0.4, 0.5) is 10.6 Å². The number of carbonyl (C=O) groups is 2. The van der Waals surface area contributed by atoms with Crippen LogP contribution in [0.15, 0.2) is 72.8 Å². The van der Waals surface area contributed by atoms with E-state index in [0.717, 1.165) is 33.2 Å². The number of benzene rings is 3. The van der Waals surface area contributed by atoms with E-state index in [4.69, 9.17) is 0 Å². The Morgan fingerprint density at radius 3 is 2.66 bits per heavy atom. The summed E-state index contributed by atoms with van der Waals surface area (Å²) in [5.74, 6) is 0.0321. The van der Waals surface area contributed by atoms with Crippen LogP contribution in [0.2, 0.25) is 0 Å². The number of fused-ring (bicyclic) bond motifs is 2. The molecule has 3 amide bonds. The Kier molecular flexibility index (Phi) is 6.45. The Morgan fingerprint density at radius 2 is 1.80 bits per heavy atom. The number of nitrogens with one attached hydrogen (secondary N) is 4. The number of hydrogen-bond donors (Lipinski definition) is 4. The van der Waals surface area contributed by atoms with Crippen molar-refractivity contribution in [1.82, 2.24) is 25.9 Å². The van der Waals surface area contributed by atoms with Crippen molar-refractivity contribution in [2.45, 2.75) is 32.4 Å². The molecule has 0 aliphatic carbocycles. The maximum atomic E-state index is 13.2. The number of H-pyrrole nitrogens is 1. The Hall–Kier alpha value is -4.17. The highest BCUT2D eigenvalue weighted by atomic mass is 16.2. The molecule has 4 aromatic rings. The molecule has 1 unspecified atom stereocenters. The third-order valence-electron chi connectivity index (χ3n) is 6.41. The minimum atomic E-state index is -0.352. The number of rotatable bonds is 6. The van der Waals surface area contributed by atoms with Crippen molar-refractivity contribution in [1.29, 1.82) is 0 Å². The van der Waals surface area contributed by atoms with Crippen LogP contribution in [-0.2, 0) is 24.3 Å². The molecule has 0 saturated heterocycles. The van der Waals surface area contributed by atoms with Gasteiger partial charge in [-0.05, 0) is 28.8 Å². The van der Waals surface area contributed by atoms with Crippen LogP contribution in [-0.4, -0.2) is 33.7 Å². The molecule has 1 aromatic heterocycles. The Balaban J connectivity index is 1.23. The molecular formula is C27H28N6O2. The predicted octanol–water partition coefficient (Wildman–Crippen LogP) is 4.08. The summed E-state index contributed by atoms with van der Waals surface area (Å²) in [6, 6.07) is 23.6. The SMILES string of the molecule is CC(C(=O)Nc1n[nH]c2c1CN(NC(=O)NCc1ccccc1)CC2)c1cccc2ccccc12. The monoisotopic (exact) mass is 468 g/mol. The zero-order chi connectivity index (χ0) is 24.2. The molecule has 178 valence electrons. The summed E-state index contributed by atoms with van der Waals surface area (Å²) in [6.45, 7) is 3.45. The minimum absolute atomic E-state index is 0.124. The number of urea groups is 1. The van der Waals surface area contributed by atoms with E-state index in [-0.39, 0.29) is 17.9 Å². The third kappa shape index (κ3) is 5.02. The van der Waals surface area contributed by atoms with Crippen molar-refractivity contribution in [3.63, 3.8) is 0 Å². The Labute approximate surface area is 203 Å². The lowest BCUT2D eigenvalue weighted by molar-refractivity contribution is -0.117. The number of anilines is 1. The highest BCUT2D eigenvalue weighted by Crippen LogP contribution is 2.28. The van der Waals surface area contributed by atoms with Crippen LogP contribution in [0.5, 0.6) is 0 Å². The molecule has 3 aromatic carbocycles. The molecule has 35 heavy (non-hydrogen) atoms. The van der Waals surface area contributed by atoms with E-state index in [1.54, 1.807) is 0 Å². The summed E-state index contributed by atoms with van der Waals surface area (Å²) in [5.41, 5.74) is 6.76. The predicted molar refractivity (Wildman–Crippen MR) is 136 cm³/mol. The molecule has 1 atom stereocenters. The number of aromatic amines is 1. The summed E-state index contributed by atoms with van der Waals surface area (Å²) >= 11 is 0. The first-order chi connectivity index (χ1) is 17.1. The van der Waals surface area contributed by atoms with Crippen molar-refractivity contribution >= 4 is 28.5 Å². The van der Waals surface area contributed by atoms with Gasteiger partial charge in [-0.3, -0.25) is 15.3 Å². The first kappa shape index (κ1) is 22.6. The zero-order valence-corrected chi connectivity index (χ0v) is 19.5. The topological polar surface area (TPSA) is 102 Å². The lowest BCUT2D eigenvalue weighted by Gasteiger charge is -2.27. The van der Waals surface area contributed by atoms with Crippen molar-refractivity contribution in [2.24, 2.45) is 0 Å². The average Bonchev–Trinajstić information content (AvgIpc) is 3.29. The van der Waals surface area contributed by atoms with Gasteiger partial charge in [-0.25, -0.2) is 9.80 Å². The standard InChI is InChI=1S/C27H28N6O2/c1-18(21-13-7-11-20-10-5-6-12-22(20)21)26(34)29-25-23-17-33(15-14-24(23)30-31-25)32-27(35)28-16-19-8-3-2-4-9-19/h2-13,18H,14-17H2,1H3,(H2,28,32,35)(H2,29,30,31,34). The highest BCUT2D eigenvalue weighted by molar-refractivity contribution is 5.99. The number of hydrazine groups is 1. The summed E-state index contributed by atoms with van der Waals surface area (Å²) < 4.78 is 0. The van der Waals surface area contributed by atoms with Gasteiger partial charge in [-0.15, -0.1) is 0 Å². The number of carbonyl (C=O) groups excluding carboxylic acids is 2. The van der Waals surface area contributed by atoms with Crippen LogP contribution in [0.1, 0.15) is 35.2 Å². The molecule has 1 aliphatic rings. The second-order valence-electron chi connectivity index (χ2n) is 8.76. The minimum Gasteiger partial charge on any atom is -0.333 e. The number of nitrogens with zero attached hydrogens (tertiary/aromatic N) is 2. The molecule has 5 rings (SSSR count). The smallest absolute Gasteiger partial charge is 0.329 e. The molecule has 0 radical (unpaired) electrons. The van der Waals surface area contributed by atoms with E-state index in [1.807, 2.05) is 84.7 Å². The van der Waals surface area contributed by atoms with Gasteiger partial charge < -0.3 is 10.6 Å². The fourth-order valence-corrected chi connectivity index (χ4v) is 4.45. The quantitative estimate of drug-likeness (QED) is 0.342. The largest absolute Gasteiger partial charge is 0.333 e. The van der Waals surface area contributed by atoms with Gasteiger partial charge >= 0.3 is 6.03 Å². The molecule has 0 saturated carbocycles. The summed E-state index contributed by atoms with van der Waals surface area (Å²) in [6.07, 6.45) is 0.691. The van der Waals surface area contributed by atoms with E-state index in [9.17, 15) is 9.59 Å². The van der Waals surface area contributed by atoms with Gasteiger partial charge in [0.1, 0.15) is 0 Å². The number of amides is 3. The van der Waals surface area contributed by atoms with Gasteiger partial charge in [0.15, 0.2) is 5.82 Å². The lowest BCUT2D eigenvalue weighted by Crippen LogP contribution is -2.48. The van der Waals surface area contributed by atoms with Gasteiger partial charge in [-0.1, -0.05) is 72.8 Å². The van der Waals surface area contributed by atoms with E-state index in [2.05, 4.69) is 26.3 Å². The first-order valence-electron chi connectivity index (χ1n) is 11.8. The van der Waals surface area contributed by atoms with Gasteiger partial charge in [0.2, 0.25) is 5.91 Å². The van der Waals surface area contributed by atoms with Gasteiger partial charge in [0.05, 0.1) is 5.92 Å². The van der Waals surface area contributed by atoms with Crippen molar-refractivity contribution in [3.05, 3.63) is 95.2 Å². The van der Waals surface area contributed by atoms with Crippen LogP contribution < -0.4 is 16.1 Å². The Bertz CT molecular complexity index is 1350. The summed E-state index contributed by atoms with van der Waals surface area (Å²) in [4.78, 5) is 25.6. The average molecular weight is 469 g/mol. The fourth-order valence-electron chi connectivity index (χ4n) is 4.45. The van der Waals surface area contributed by atoms with E-state index in [0.29, 0.717) is 31.9 Å². The second kappa shape index (κ2) is 9.99. The summed E-state index contributed by atoms with van der Waals surface area (Å²) in [5, 5.41) is 17.3. The highest BCUT2D eigenvalue weighted by Gasteiger charge is 2.26. The maximum Gasteiger partial charge on any atom is 0.329 e. The molecule has 0 bridgehead atoms. The molecule has 8 nitrogen and oxygen atoms in total. The molecule has 2 heterocycles. The van der Waals surface area contributed by atoms with Gasteiger partial charge in [0.25, 0.3) is 0 Å². The van der Waals surface area contributed by atoms with Gasteiger partial charge in [-0.2, -0.15) is 5.10 Å². The third-order valence-corrected chi connectivity index (χ3v) is 6.41. The molecule has 1 aliphatic heterocycles. The van der Waals surface area contributed by atoms with E-state index in [1.165, 1.54) is 0 Å². The molecule has 8 heteroatoms. The maximum absolute atomic E-state index is 13.2. The number of hydrogen-bond acceptors (Lipinski definition) is 4. The zero-order valence-electron chi connectivity index (χ0n) is 19.5. The van der Waals surface area contributed by atoms with Crippen LogP contribution in [0.3, 0.4) is 0 Å². The van der Waals surface area contributed by atoms with Crippen molar-refractivity contribution in [3.8, 4) is 0 Å². The molecular weight excluding hydrogens is 440 g/mol.